The SMILES string of the molecule is C[C@H](Cc1nccn1Cc1ccccn1)[C@@H](O)CC(N)=O. The van der Waals surface area contributed by atoms with E-state index in [-0.39, 0.29) is 12.3 Å². The Morgan fingerprint density at radius 2 is 2.19 bits per heavy atom. The van der Waals surface area contributed by atoms with Crippen molar-refractivity contribution in [2.24, 2.45) is 11.7 Å². The van der Waals surface area contributed by atoms with E-state index < -0.39 is 12.0 Å². The summed E-state index contributed by atoms with van der Waals surface area (Å²) >= 11 is 0. The summed E-state index contributed by atoms with van der Waals surface area (Å²) in [4.78, 5) is 19.5. The van der Waals surface area contributed by atoms with Crippen molar-refractivity contribution in [1.82, 2.24) is 14.5 Å². The highest BCUT2D eigenvalue weighted by atomic mass is 16.3. The lowest BCUT2D eigenvalue weighted by atomic mass is 9.98. The molecule has 3 N–H and O–H groups in total. The van der Waals surface area contributed by atoms with Gasteiger partial charge in [0.15, 0.2) is 0 Å². The number of nitrogens with zero attached hydrogens (tertiary/aromatic N) is 3. The number of pyridine rings is 1. The van der Waals surface area contributed by atoms with Gasteiger partial charge in [-0.15, -0.1) is 0 Å². The average Bonchev–Trinajstić information content (AvgIpc) is 2.86. The maximum atomic E-state index is 10.9. The van der Waals surface area contributed by atoms with Gasteiger partial charge in [0.25, 0.3) is 0 Å². The lowest BCUT2D eigenvalue weighted by Crippen LogP contribution is -2.27. The maximum absolute atomic E-state index is 10.9. The van der Waals surface area contributed by atoms with Crippen molar-refractivity contribution < 1.29 is 9.90 Å². The Morgan fingerprint density at radius 1 is 1.38 bits per heavy atom. The first kappa shape index (κ1) is 15.2. The van der Waals surface area contributed by atoms with E-state index in [9.17, 15) is 9.90 Å². The molecule has 2 aromatic rings. The van der Waals surface area contributed by atoms with Gasteiger partial charge < -0.3 is 15.4 Å². The fourth-order valence-corrected chi connectivity index (χ4v) is 2.17. The van der Waals surface area contributed by atoms with Crippen LogP contribution in [-0.2, 0) is 17.8 Å². The van der Waals surface area contributed by atoms with Crippen LogP contribution in [0.15, 0.2) is 36.8 Å². The predicted molar refractivity (Wildman–Crippen MR) is 78.3 cm³/mol. The van der Waals surface area contributed by atoms with Gasteiger partial charge in [-0.3, -0.25) is 9.78 Å². The van der Waals surface area contributed by atoms with Crippen molar-refractivity contribution in [3.63, 3.8) is 0 Å². The fourth-order valence-electron chi connectivity index (χ4n) is 2.17. The van der Waals surface area contributed by atoms with Gasteiger partial charge in [0.1, 0.15) is 5.82 Å². The number of carbonyl (C=O) groups is 1. The van der Waals surface area contributed by atoms with Crippen molar-refractivity contribution >= 4 is 5.91 Å². The van der Waals surface area contributed by atoms with Crippen molar-refractivity contribution in [1.29, 1.82) is 0 Å². The third-order valence-corrected chi connectivity index (χ3v) is 3.43. The Bertz CT molecular complexity index is 582. The Morgan fingerprint density at radius 3 is 2.86 bits per heavy atom. The standard InChI is InChI=1S/C15H20N4O2/c1-11(13(20)9-14(16)21)8-15-18-6-7-19(15)10-12-4-2-3-5-17-12/h2-7,11,13,20H,8-10H2,1H3,(H2,16,21)/t11-,13+/m1/s1. The van der Waals surface area contributed by atoms with Crippen LogP contribution in [0.2, 0.25) is 0 Å². The van der Waals surface area contributed by atoms with Crippen LogP contribution >= 0.6 is 0 Å². The zero-order chi connectivity index (χ0) is 15.2. The molecule has 2 rings (SSSR count). The number of hydrogen-bond donors (Lipinski definition) is 2. The third kappa shape index (κ3) is 4.39. The number of primary amides is 1. The van der Waals surface area contributed by atoms with E-state index in [1.165, 1.54) is 0 Å². The third-order valence-electron chi connectivity index (χ3n) is 3.43. The van der Waals surface area contributed by atoms with E-state index in [1.807, 2.05) is 35.9 Å². The normalized spacial score (nSPS) is 13.8. The zero-order valence-electron chi connectivity index (χ0n) is 12.0. The van der Waals surface area contributed by atoms with Gasteiger partial charge in [-0.05, 0) is 18.1 Å². The van der Waals surface area contributed by atoms with Gasteiger partial charge in [-0.25, -0.2) is 4.98 Å². The summed E-state index contributed by atoms with van der Waals surface area (Å²) in [7, 11) is 0. The molecule has 2 heterocycles. The van der Waals surface area contributed by atoms with E-state index in [2.05, 4.69) is 9.97 Å². The number of amides is 1. The second kappa shape index (κ2) is 6.99. The number of carbonyl (C=O) groups excluding carboxylic acids is 1. The minimum absolute atomic E-state index is 0.0257. The molecular formula is C15H20N4O2. The number of aliphatic hydroxyl groups excluding tert-OH is 1. The van der Waals surface area contributed by atoms with Crippen LogP contribution in [0.5, 0.6) is 0 Å². The average molecular weight is 288 g/mol. The molecule has 0 spiro atoms. The summed E-state index contributed by atoms with van der Waals surface area (Å²) in [5.74, 6) is 0.269. The molecule has 6 nitrogen and oxygen atoms in total. The van der Waals surface area contributed by atoms with Crippen LogP contribution < -0.4 is 5.73 Å². The molecule has 2 aromatic heterocycles. The molecule has 0 unspecified atom stereocenters. The Kier molecular flexibility index (Phi) is 5.05. The second-order valence-corrected chi connectivity index (χ2v) is 5.21. The number of nitrogens with two attached hydrogens (primary N) is 1. The first-order valence-corrected chi connectivity index (χ1v) is 6.92. The lowest BCUT2D eigenvalue weighted by molar-refractivity contribution is -0.120. The van der Waals surface area contributed by atoms with Gasteiger partial charge in [-0.1, -0.05) is 13.0 Å². The first-order chi connectivity index (χ1) is 10.1. The molecule has 0 aliphatic rings. The Balaban J connectivity index is 2.01. The van der Waals surface area contributed by atoms with Gasteiger partial charge in [0.05, 0.1) is 24.8 Å². The molecule has 0 radical (unpaired) electrons. The van der Waals surface area contributed by atoms with Crippen molar-refractivity contribution in [3.05, 3.63) is 48.3 Å². The molecule has 0 aromatic carbocycles. The van der Waals surface area contributed by atoms with E-state index in [4.69, 9.17) is 5.73 Å². The van der Waals surface area contributed by atoms with E-state index in [1.54, 1.807) is 12.4 Å². The first-order valence-electron chi connectivity index (χ1n) is 6.92. The summed E-state index contributed by atoms with van der Waals surface area (Å²) in [6.45, 7) is 2.52. The zero-order valence-corrected chi connectivity index (χ0v) is 12.0. The monoisotopic (exact) mass is 288 g/mol. The highest BCUT2D eigenvalue weighted by Crippen LogP contribution is 2.14. The lowest BCUT2D eigenvalue weighted by Gasteiger charge is -2.17. The maximum Gasteiger partial charge on any atom is 0.220 e. The number of aliphatic hydroxyl groups is 1. The summed E-state index contributed by atoms with van der Waals surface area (Å²) in [5.41, 5.74) is 6.05. The number of rotatable bonds is 7. The second-order valence-electron chi connectivity index (χ2n) is 5.21. The largest absolute Gasteiger partial charge is 0.392 e. The number of imidazole rings is 1. The molecule has 0 saturated carbocycles. The molecule has 0 aliphatic heterocycles. The summed E-state index contributed by atoms with van der Waals surface area (Å²) in [5, 5.41) is 9.92. The Hall–Kier alpha value is -2.21. The summed E-state index contributed by atoms with van der Waals surface area (Å²) in [6.07, 6.45) is 5.17. The van der Waals surface area contributed by atoms with Gasteiger partial charge in [0, 0.05) is 25.0 Å². The Labute approximate surface area is 123 Å². The molecule has 0 saturated heterocycles. The van der Waals surface area contributed by atoms with Crippen LogP contribution in [0.4, 0.5) is 0 Å². The van der Waals surface area contributed by atoms with E-state index in [0.717, 1.165) is 11.5 Å². The van der Waals surface area contributed by atoms with Crippen molar-refractivity contribution in [2.45, 2.75) is 32.4 Å². The molecule has 1 amide bonds. The minimum atomic E-state index is -0.748. The number of aromatic nitrogens is 3. The molecular weight excluding hydrogens is 268 g/mol. The van der Waals surface area contributed by atoms with Crippen LogP contribution in [0.3, 0.4) is 0 Å². The minimum Gasteiger partial charge on any atom is -0.392 e. The van der Waals surface area contributed by atoms with Crippen LogP contribution in [0.25, 0.3) is 0 Å². The molecule has 6 heteroatoms. The molecule has 0 fully saturated rings. The number of hydrogen-bond acceptors (Lipinski definition) is 4. The molecule has 21 heavy (non-hydrogen) atoms. The fraction of sp³-hybridized carbons (Fsp3) is 0.400. The van der Waals surface area contributed by atoms with Gasteiger partial charge >= 0.3 is 0 Å². The van der Waals surface area contributed by atoms with E-state index in [0.29, 0.717) is 13.0 Å². The van der Waals surface area contributed by atoms with Crippen molar-refractivity contribution in [3.8, 4) is 0 Å². The van der Waals surface area contributed by atoms with Gasteiger partial charge in [0.2, 0.25) is 5.91 Å². The molecule has 112 valence electrons. The summed E-state index contributed by atoms with van der Waals surface area (Å²) < 4.78 is 2.00. The van der Waals surface area contributed by atoms with E-state index >= 15 is 0 Å². The molecule has 0 aliphatic carbocycles. The summed E-state index contributed by atoms with van der Waals surface area (Å²) in [6, 6.07) is 5.77. The molecule has 0 bridgehead atoms. The highest BCUT2D eigenvalue weighted by molar-refractivity contribution is 5.74. The highest BCUT2D eigenvalue weighted by Gasteiger charge is 2.19. The molecule has 2 atom stereocenters. The predicted octanol–water partition coefficient (Wildman–Crippen LogP) is 0.741. The van der Waals surface area contributed by atoms with Crippen molar-refractivity contribution in [2.75, 3.05) is 0 Å². The quantitative estimate of drug-likeness (QED) is 0.785. The topological polar surface area (TPSA) is 94.0 Å². The van der Waals surface area contributed by atoms with Crippen LogP contribution in [0.1, 0.15) is 24.9 Å². The smallest absolute Gasteiger partial charge is 0.220 e. The van der Waals surface area contributed by atoms with Crippen LogP contribution in [-0.4, -0.2) is 31.7 Å². The van der Waals surface area contributed by atoms with Crippen LogP contribution in [0, 0.1) is 5.92 Å². The van der Waals surface area contributed by atoms with Gasteiger partial charge in [-0.2, -0.15) is 0 Å².